The number of ketones is 1. The van der Waals surface area contributed by atoms with Gasteiger partial charge in [0.1, 0.15) is 11.6 Å². The molecule has 14 heavy (non-hydrogen) atoms. The molecule has 0 aromatic heterocycles. The summed E-state index contributed by atoms with van der Waals surface area (Å²) in [5.74, 6) is -1.82. The molecule has 1 rings (SSSR count). The number of benzene rings is 1. The van der Waals surface area contributed by atoms with E-state index in [0.717, 1.165) is 6.07 Å². The molecule has 0 unspecified atom stereocenters. The Hall–Kier alpha value is -1.13. The summed E-state index contributed by atoms with van der Waals surface area (Å²) in [6.07, 6.45) is 0. The van der Waals surface area contributed by atoms with Crippen molar-refractivity contribution < 1.29 is 14.3 Å². The normalized spacial score (nSPS) is 10.2. The van der Waals surface area contributed by atoms with Crippen molar-refractivity contribution in [1.82, 2.24) is 5.32 Å². The molecular weight excluding hydrogens is 209 g/mol. The van der Waals surface area contributed by atoms with E-state index in [2.05, 4.69) is 5.32 Å². The number of hydrogen-bond donors (Lipinski definition) is 2. The number of aromatic hydroxyl groups is 1. The van der Waals surface area contributed by atoms with Crippen LogP contribution in [0.25, 0.3) is 0 Å². The first-order valence-corrected chi connectivity index (χ1v) is 4.30. The van der Waals surface area contributed by atoms with Crippen molar-refractivity contribution in [3.8, 4) is 5.75 Å². The highest BCUT2D eigenvalue weighted by Gasteiger charge is 2.18. The molecule has 0 radical (unpaired) electrons. The highest BCUT2D eigenvalue weighted by Crippen LogP contribution is 2.29. The molecule has 2 N–H and O–H groups in total. The molecule has 0 atom stereocenters. The van der Waals surface area contributed by atoms with Gasteiger partial charge in [-0.1, -0.05) is 11.6 Å². The van der Waals surface area contributed by atoms with Gasteiger partial charge in [0, 0.05) is 0 Å². The van der Waals surface area contributed by atoms with Crippen molar-refractivity contribution >= 4 is 17.4 Å². The Kier molecular flexibility index (Phi) is 3.43. The van der Waals surface area contributed by atoms with Gasteiger partial charge >= 0.3 is 0 Å². The molecule has 1 aromatic carbocycles. The molecule has 5 heteroatoms. The molecule has 0 spiro atoms. The third-order valence-electron chi connectivity index (χ3n) is 1.69. The van der Waals surface area contributed by atoms with E-state index in [0.29, 0.717) is 0 Å². The summed E-state index contributed by atoms with van der Waals surface area (Å²) in [4.78, 5) is 11.3. The van der Waals surface area contributed by atoms with Gasteiger partial charge in [-0.15, -0.1) is 0 Å². The Balaban J connectivity index is 3.18. The second-order valence-corrected chi connectivity index (χ2v) is 3.11. The number of phenolic OH excluding ortho intramolecular Hbond substituents is 1. The largest absolute Gasteiger partial charge is 0.506 e. The van der Waals surface area contributed by atoms with Crippen LogP contribution in [0.4, 0.5) is 4.39 Å². The smallest absolute Gasteiger partial charge is 0.183 e. The van der Waals surface area contributed by atoms with Crippen LogP contribution in [0.2, 0.25) is 5.02 Å². The summed E-state index contributed by atoms with van der Waals surface area (Å²) in [7, 11) is 1.55. The zero-order valence-corrected chi connectivity index (χ0v) is 8.23. The quantitative estimate of drug-likeness (QED) is 0.756. The van der Waals surface area contributed by atoms with Crippen molar-refractivity contribution in [3.05, 3.63) is 28.5 Å². The summed E-state index contributed by atoms with van der Waals surface area (Å²) in [6.45, 7) is -0.0508. The van der Waals surface area contributed by atoms with Gasteiger partial charge in [-0.25, -0.2) is 4.39 Å². The molecule has 0 aliphatic rings. The highest BCUT2D eigenvalue weighted by atomic mass is 35.5. The van der Waals surface area contributed by atoms with Gasteiger partial charge in [0.25, 0.3) is 0 Å². The number of likely N-dealkylation sites (N-methyl/N-ethyl adjacent to an activating group) is 1. The first-order valence-electron chi connectivity index (χ1n) is 3.92. The van der Waals surface area contributed by atoms with Gasteiger partial charge in [-0.2, -0.15) is 0 Å². The van der Waals surface area contributed by atoms with Gasteiger partial charge in [0.15, 0.2) is 5.78 Å². The molecule has 3 nitrogen and oxygen atoms in total. The van der Waals surface area contributed by atoms with Crippen molar-refractivity contribution in [2.24, 2.45) is 0 Å². The summed E-state index contributed by atoms with van der Waals surface area (Å²) < 4.78 is 13.1. The van der Waals surface area contributed by atoms with E-state index in [1.807, 2.05) is 0 Å². The molecule has 0 heterocycles. The molecular formula is C9H9ClFNO2. The summed E-state index contributed by atoms with van der Waals surface area (Å²) in [5.41, 5.74) is -0.369. The van der Waals surface area contributed by atoms with Gasteiger partial charge in [-0.3, -0.25) is 4.79 Å². The van der Waals surface area contributed by atoms with Crippen LogP contribution in [0.5, 0.6) is 5.75 Å². The van der Waals surface area contributed by atoms with E-state index in [4.69, 9.17) is 11.6 Å². The second kappa shape index (κ2) is 4.39. The number of Topliss-reactive ketones (excluding diaryl/α,β-unsaturated/α-hetero) is 1. The Bertz CT molecular complexity index is 368. The average Bonchev–Trinajstić information content (AvgIpc) is 2.13. The monoisotopic (exact) mass is 217 g/mol. The highest BCUT2D eigenvalue weighted by molar-refractivity contribution is 6.32. The van der Waals surface area contributed by atoms with E-state index in [1.165, 1.54) is 6.07 Å². The lowest BCUT2D eigenvalue weighted by atomic mass is 10.1. The van der Waals surface area contributed by atoms with Crippen LogP contribution in [-0.2, 0) is 0 Å². The second-order valence-electron chi connectivity index (χ2n) is 2.71. The zero-order valence-electron chi connectivity index (χ0n) is 7.47. The Labute approximate surface area is 85.5 Å². The lowest BCUT2D eigenvalue weighted by Crippen LogP contribution is -2.19. The molecule has 0 amide bonds. The SMILES string of the molecule is CNCC(=O)c1c(F)ccc(Cl)c1O. The molecule has 76 valence electrons. The molecule has 0 bridgehead atoms. The van der Waals surface area contributed by atoms with E-state index in [9.17, 15) is 14.3 Å². The molecule has 0 saturated carbocycles. The first-order chi connectivity index (χ1) is 6.57. The minimum absolute atomic E-state index is 0.0362. The van der Waals surface area contributed by atoms with Crippen molar-refractivity contribution in [2.75, 3.05) is 13.6 Å². The fourth-order valence-corrected chi connectivity index (χ4v) is 1.21. The Morgan fingerprint density at radius 2 is 2.29 bits per heavy atom. The lowest BCUT2D eigenvalue weighted by molar-refractivity contribution is 0.0987. The van der Waals surface area contributed by atoms with E-state index in [1.54, 1.807) is 7.05 Å². The fraction of sp³-hybridized carbons (Fsp3) is 0.222. The van der Waals surface area contributed by atoms with Gasteiger partial charge in [0.2, 0.25) is 0 Å². The minimum Gasteiger partial charge on any atom is -0.506 e. The zero-order chi connectivity index (χ0) is 10.7. The predicted molar refractivity (Wildman–Crippen MR) is 51.3 cm³/mol. The number of carbonyl (C=O) groups is 1. The number of phenols is 1. The van der Waals surface area contributed by atoms with Crippen molar-refractivity contribution in [2.45, 2.75) is 0 Å². The van der Waals surface area contributed by atoms with Crippen molar-refractivity contribution in [3.63, 3.8) is 0 Å². The number of hydrogen-bond acceptors (Lipinski definition) is 3. The topological polar surface area (TPSA) is 49.3 Å². The molecule has 0 fully saturated rings. The lowest BCUT2D eigenvalue weighted by Gasteiger charge is -2.05. The number of halogens is 2. The minimum atomic E-state index is -0.771. The number of rotatable bonds is 3. The van der Waals surface area contributed by atoms with E-state index < -0.39 is 17.3 Å². The van der Waals surface area contributed by atoms with Crippen LogP contribution in [0.15, 0.2) is 12.1 Å². The van der Waals surface area contributed by atoms with Crippen molar-refractivity contribution in [1.29, 1.82) is 0 Å². The summed E-state index contributed by atoms with van der Waals surface area (Å²) in [5, 5.41) is 11.9. The van der Waals surface area contributed by atoms with Gasteiger partial charge in [-0.05, 0) is 19.2 Å². The summed E-state index contributed by atoms with van der Waals surface area (Å²) in [6, 6.07) is 2.24. The third kappa shape index (κ3) is 2.02. The molecule has 0 aliphatic carbocycles. The Morgan fingerprint density at radius 1 is 1.64 bits per heavy atom. The van der Waals surface area contributed by atoms with Crippen LogP contribution in [-0.4, -0.2) is 24.5 Å². The summed E-state index contributed by atoms with van der Waals surface area (Å²) >= 11 is 5.54. The number of carbonyl (C=O) groups excluding carboxylic acids is 1. The first kappa shape index (κ1) is 10.9. The standard InChI is InChI=1S/C9H9ClFNO2/c1-12-4-7(13)8-6(11)3-2-5(10)9(8)14/h2-3,12,14H,4H2,1H3. The molecule has 0 saturated heterocycles. The maximum absolute atomic E-state index is 13.1. The van der Waals surface area contributed by atoms with E-state index in [-0.39, 0.29) is 17.1 Å². The van der Waals surface area contributed by atoms with E-state index >= 15 is 0 Å². The van der Waals surface area contributed by atoms with Crippen LogP contribution in [0.1, 0.15) is 10.4 Å². The Morgan fingerprint density at radius 3 is 2.86 bits per heavy atom. The van der Waals surface area contributed by atoms with Crippen LogP contribution in [0.3, 0.4) is 0 Å². The maximum Gasteiger partial charge on any atom is 0.183 e. The third-order valence-corrected chi connectivity index (χ3v) is 2.00. The number of nitrogens with one attached hydrogen (secondary N) is 1. The maximum atomic E-state index is 13.1. The van der Waals surface area contributed by atoms with Crippen LogP contribution < -0.4 is 5.32 Å². The van der Waals surface area contributed by atoms with Gasteiger partial charge in [0.05, 0.1) is 17.1 Å². The predicted octanol–water partition coefficient (Wildman–Crippen LogP) is 1.59. The molecule has 0 aliphatic heterocycles. The van der Waals surface area contributed by atoms with Gasteiger partial charge < -0.3 is 10.4 Å². The fourth-order valence-electron chi connectivity index (χ4n) is 1.06. The molecule has 1 aromatic rings. The van der Waals surface area contributed by atoms with Crippen LogP contribution >= 0.6 is 11.6 Å². The average molecular weight is 218 g/mol. The van der Waals surface area contributed by atoms with Crippen LogP contribution in [0, 0.1) is 5.82 Å².